The van der Waals surface area contributed by atoms with Gasteiger partial charge in [-0.1, -0.05) is 0 Å². The Labute approximate surface area is 74.7 Å². The van der Waals surface area contributed by atoms with Gasteiger partial charge in [0.25, 0.3) is 0 Å². The van der Waals surface area contributed by atoms with E-state index >= 15 is 0 Å². The molecule has 0 spiro atoms. The zero-order valence-corrected chi connectivity index (χ0v) is 8.74. The SMILES string of the molecule is C[O][Ti]([O]C)[C]1=C(C)C=CC1. The number of hydrogen-bond donors (Lipinski definition) is 0. The first-order valence-corrected chi connectivity index (χ1v) is 5.66. The summed E-state index contributed by atoms with van der Waals surface area (Å²) < 4.78 is 12.0. The third-order valence-corrected chi connectivity index (χ3v) is 4.65. The summed E-state index contributed by atoms with van der Waals surface area (Å²) in [5.74, 6) is 0. The first kappa shape index (κ1) is 9.20. The second-order valence-electron chi connectivity index (χ2n) is 2.46. The molecule has 0 N–H and O–H groups in total. The Hall–Kier alpha value is 0.114. The van der Waals surface area contributed by atoms with Crippen LogP contribution in [0.2, 0.25) is 0 Å². The van der Waals surface area contributed by atoms with Crippen molar-refractivity contribution in [3.8, 4) is 0 Å². The van der Waals surface area contributed by atoms with E-state index in [0.717, 1.165) is 6.42 Å². The van der Waals surface area contributed by atoms with Crippen LogP contribution < -0.4 is 0 Å². The second-order valence-corrected chi connectivity index (χ2v) is 5.58. The Bertz CT molecular complexity index is 192. The van der Waals surface area contributed by atoms with E-state index in [9.17, 15) is 0 Å². The van der Waals surface area contributed by atoms with Crippen LogP contribution in [0.25, 0.3) is 0 Å². The van der Waals surface area contributed by atoms with Gasteiger partial charge in [-0.25, -0.2) is 0 Å². The van der Waals surface area contributed by atoms with E-state index in [4.69, 9.17) is 6.64 Å². The van der Waals surface area contributed by atoms with Gasteiger partial charge in [0.1, 0.15) is 0 Å². The Balaban J connectivity index is 2.67. The molecule has 0 fully saturated rings. The molecule has 0 aromatic carbocycles. The summed E-state index contributed by atoms with van der Waals surface area (Å²) in [6, 6.07) is 0. The molecule has 0 aromatic heterocycles. The third-order valence-electron chi connectivity index (χ3n) is 1.78. The topological polar surface area (TPSA) is 18.5 Å². The van der Waals surface area contributed by atoms with Crippen molar-refractivity contribution in [2.24, 2.45) is 0 Å². The van der Waals surface area contributed by atoms with Gasteiger partial charge in [-0.2, -0.15) is 0 Å². The molecule has 1 aliphatic carbocycles. The molecular formula is C8H13O2Ti. The van der Waals surface area contributed by atoms with Gasteiger partial charge < -0.3 is 0 Å². The normalized spacial score (nSPS) is 16.3. The van der Waals surface area contributed by atoms with Gasteiger partial charge in [0, 0.05) is 0 Å². The Morgan fingerprint density at radius 1 is 1.36 bits per heavy atom. The van der Waals surface area contributed by atoms with Crippen LogP contribution in [0.15, 0.2) is 21.6 Å². The van der Waals surface area contributed by atoms with E-state index in [0.29, 0.717) is 0 Å². The van der Waals surface area contributed by atoms with Crippen molar-refractivity contribution < 1.29 is 25.3 Å². The molecule has 0 heterocycles. The summed E-state index contributed by atoms with van der Waals surface area (Å²) in [7, 11) is 3.47. The Morgan fingerprint density at radius 2 is 2.00 bits per heavy atom. The van der Waals surface area contributed by atoms with Crippen LogP contribution in [0.4, 0.5) is 0 Å². The van der Waals surface area contributed by atoms with Crippen LogP contribution in [-0.4, -0.2) is 14.2 Å². The van der Waals surface area contributed by atoms with Crippen molar-refractivity contribution >= 4 is 0 Å². The Kier molecular flexibility index (Phi) is 3.53. The van der Waals surface area contributed by atoms with Gasteiger partial charge >= 0.3 is 74.5 Å². The number of hydrogen-bond acceptors (Lipinski definition) is 2. The summed E-state index contributed by atoms with van der Waals surface area (Å²) in [5, 5.41) is 0. The molecule has 0 aliphatic heterocycles. The fourth-order valence-electron chi connectivity index (χ4n) is 1.19. The van der Waals surface area contributed by atoms with Crippen LogP contribution >= 0.6 is 0 Å². The van der Waals surface area contributed by atoms with E-state index in [-0.39, 0.29) is 0 Å². The van der Waals surface area contributed by atoms with Gasteiger partial charge in [0.15, 0.2) is 0 Å². The summed E-state index contributed by atoms with van der Waals surface area (Å²) in [6.07, 6.45) is 5.33. The molecule has 0 unspecified atom stereocenters. The quantitative estimate of drug-likeness (QED) is 0.631. The first-order valence-electron chi connectivity index (χ1n) is 3.61. The van der Waals surface area contributed by atoms with E-state index in [1.807, 2.05) is 0 Å². The third kappa shape index (κ3) is 2.03. The number of allylic oxidation sites excluding steroid dienone is 4. The molecule has 0 saturated carbocycles. The van der Waals surface area contributed by atoms with Gasteiger partial charge in [0.05, 0.1) is 0 Å². The molecule has 0 radical (unpaired) electrons. The van der Waals surface area contributed by atoms with Crippen LogP contribution in [0, 0.1) is 0 Å². The second kappa shape index (κ2) is 4.22. The maximum absolute atomic E-state index is 5.30. The minimum absolute atomic E-state index is 1.03. The fraction of sp³-hybridized carbons (Fsp3) is 0.500. The summed E-state index contributed by atoms with van der Waals surface area (Å²) in [5.41, 5.74) is 1.34. The van der Waals surface area contributed by atoms with Crippen molar-refractivity contribution in [2.75, 3.05) is 14.2 Å². The Morgan fingerprint density at radius 3 is 2.36 bits per heavy atom. The van der Waals surface area contributed by atoms with Crippen molar-refractivity contribution in [1.29, 1.82) is 0 Å². The summed E-state index contributed by atoms with van der Waals surface area (Å²) in [4.78, 5) is 0. The van der Waals surface area contributed by atoms with Crippen LogP contribution in [-0.2, 0) is 25.3 Å². The van der Waals surface area contributed by atoms with E-state index in [2.05, 4.69) is 19.1 Å². The van der Waals surface area contributed by atoms with E-state index in [1.54, 1.807) is 14.2 Å². The van der Waals surface area contributed by atoms with Gasteiger partial charge in [-0.15, -0.1) is 0 Å². The van der Waals surface area contributed by atoms with E-state index in [1.165, 1.54) is 9.45 Å². The average Bonchev–Trinajstić information content (AvgIpc) is 2.40. The van der Waals surface area contributed by atoms with Crippen molar-refractivity contribution in [3.05, 3.63) is 21.6 Å². The van der Waals surface area contributed by atoms with Crippen molar-refractivity contribution in [3.63, 3.8) is 0 Å². The average molecular weight is 189 g/mol. The standard InChI is InChI=1S/C6H7.2CH3O.Ti/c1-6-4-2-3-5-6;2*1-2;/h2,4H,3H2,1H3;2*1H3;/q;2*-1;+2. The van der Waals surface area contributed by atoms with Crippen molar-refractivity contribution in [1.82, 2.24) is 0 Å². The predicted octanol–water partition coefficient (Wildman–Crippen LogP) is 1.96. The van der Waals surface area contributed by atoms with Crippen LogP contribution in [0.5, 0.6) is 0 Å². The first-order chi connectivity index (χ1) is 5.29. The molecule has 11 heavy (non-hydrogen) atoms. The minimum atomic E-state index is -1.75. The molecule has 0 amide bonds. The zero-order valence-electron chi connectivity index (χ0n) is 7.18. The molecule has 2 nitrogen and oxygen atoms in total. The molecule has 0 atom stereocenters. The molecule has 61 valence electrons. The van der Waals surface area contributed by atoms with Gasteiger partial charge in [-0.3, -0.25) is 0 Å². The molecule has 1 rings (SSSR count). The molecule has 0 saturated heterocycles. The molecular weight excluding hydrogens is 176 g/mol. The van der Waals surface area contributed by atoms with Crippen LogP contribution in [0.3, 0.4) is 0 Å². The van der Waals surface area contributed by atoms with Crippen LogP contribution in [0.1, 0.15) is 13.3 Å². The van der Waals surface area contributed by atoms with Gasteiger partial charge in [-0.05, 0) is 0 Å². The summed E-state index contributed by atoms with van der Waals surface area (Å²) >= 11 is -1.75. The zero-order chi connectivity index (χ0) is 8.27. The summed E-state index contributed by atoms with van der Waals surface area (Å²) in [6.45, 7) is 2.11. The molecule has 1 aliphatic rings. The predicted molar refractivity (Wildman–Crippen MR) is 40.5 cm³/mol. The monoisotopic (exact) mass is 189 g/mol. The molecule has 3 heteroatoms. The fourth-order valence-corrected chi connectivity index (χ4v) is 3.30. The maximum atomic E-state index is 5.30. The molecule has 0 bridgehead atoms. The van der Waals surface area contributed by atoms with Crippen molar-refractivity contribution in [2.45, 2.75) is 13.3 Å². The van der Waals surface area contributed by atoms with E-state index < -0.39 is 18.6 Å². The van der Waals surface area contributed by atoms with Gasteiger partial charge in [0.2, 0.25) is 0 Å². The number of rotatable bonds is 3. The molecule has 0 aromatic rings.